The first-order valence-corrected chi connectivity index (χ1v) is 8.38. The first kappa shape index (κ1) is 17.9. The standard InChI is InChI=1S/C20H25NO3/c1-4-17-10-6-7-12-19(17)24-20(22)23-14-13-21(5-2)18-11-8-9-16(3)15-18/h6-12,15H,4-5,13-14H2,1-3H3. The van der Waals surface area contributed by atoms with Crippen molar-refractivity contribution in [3.05, 3.63) is 59.7 Å². The van der Waals surface area contributed by atoms with Gasteiger partial charge in [-0.3, -0.25) is 0 Å². The largest absolute Gasteiger partial charge is 0.513 e. The fourth-order valence-corrected chi connectivity index (χ4v) is 2.55. The summed E-state index contributed by atoms with van der Waals surface area (Å²) in [5.74, 6) is 0.566. The Hall–Kier alpha value is -2.49. The molecular weight excluding hydrogens is 302 g/mol. The summed E-state index contributed by atoms with van der Waals surface area (Å²) in [6, 6.07) is 15.8. The molecular formula is C20H25NO3. The average molecular weight is 327 g/mol. The highest BCUT2D eigenvalue weighted by Gasteiger charge is 2.10. The summed E-state index contributed by atoms with van der Waals surface area (Å²) in [5, 5.41) is 0. The summed E-state index contributed by atoms with van der Waals surface area (Å²) >= 11 is 0. The van der Waals surface area contributed by atoms with Gasteiger partial charge in [0.15, 0.2) is 0 Å². The lowest BCUT2D eigenvalue weighted by atomic mass is 10.1. The van der Waals surface area contributed by atoms with Crippen LogP contribution in [0.1, 0.15) is 25.0 Å². The zero-order chi connectivity index (χ0) is 17.4. The van der Waals surface area contributed by atoms with E-state index in [0.717, 1.165) is 24.2 Å². The highest BCUT2D eigenvalue weighted by atomic mass is 16.7. The molecule has 4 heteroatoms. The molecule has 0 fully saturated rings. The smallest absolute Gasteiger partial charge is 0.432 e. The lowest BCUT2D eigenvalue weighted by molar-refractivity contribution is 0.101. The normalized spacial score (nSPS) is 10.3. The Morgan fingerprint density at radius 3 is 2.58 bits per heavy atom. The fourth-order valence-electron chi connectivity index (χ4n) is 2.55. The Labute approximate surface area is 144 Å². The lowest BCUT2D eigenvalue weighted by Crippen LogP contribution is -2.28. The number of rotatable bonds is 7. The number of likely N-dealkylation sites (N-methyl/N-ethyl adjacent to an activating group) is 1. The predicted molar refractivity (Wildman–Crippen MR) is 96.9 cm³/mol. The maximum absolute atomic E-state index is 11.9. The van der Waals surface area contributed by atoms with Crippen LogP contribution in [0, 0.1) is 6.92 Å². The maximum Gasteiger partial charge on any atom is 0.513 e. The molecule has 0 radical (unpaired) electrons. The van der Waals surface area contributed by atoms with E-state index < -0.39 is 6.16 Å². The number of carbonyl (C=O) groups is 1. The summed E-state index contributed by atoms with van der Waals surface area (Å²) in [5.41, 5.74) is 3.33. The molecule has 0 unspecified atom stereocenters. The molecule has 0 amide bonds. The van der Waals surface area contributed by atoms with Gasteiger partial charge >= 0.3 is 6.16 Å². The van der Waals surface area contributed by atoms with Crippen molar-refractivity contribution in [1.82, 2.24) is 0 Å². The van der Waals surface area contributed by atoms with E-state index in [-0.39, 0.29) is 6.61 Å². The quantitative estimate of drug-likeness (QED) is 0.550. The van der Waals surface area contributed by atoms with Gasteiger partial charge < -0.3 is 14.4 Å². The van der Waals surface area contributed by atoms with E-state index in [2.05, 4.69) is 36.9 Å². The number of carbonyl (C=O) groups excluding carboxylic acids is 1. The average Bonchev–Trinajstić information content (AvgIpc) is 2.59. The van der Waals surface area contributed by atoms with E-state index in [1.54, 1.807) is 6.07 Å². The molecule has 0 atom stereocenters. The van der Waals surface area contributed by atoms with Crippen molar-refractivity contribution < 1.29 is 14.3 Å². The van der Waals surface area contributed by atoms with E-state index in [4.69, 9.17) is 9.47 Å². The van der Waals surface area contributed by atoms with Crippen molar-refractivity contribution in [2.24, 2.45) is 0 Å². The Kier molecular flexibility index (Phi) is 6.67. The molecule has 0 aliphatic heterocycles. The van der Waals surface area contributed by atoms with Crippen LogP contribution in [0.15, 0.2) is 48.5 Å². The minimum Gasteiger partial charge on any atom is -0.432 e. The van der Waals surface area contributed by atoms with E-state index in [1.165, 1.54) is 5.56 Å². The van der Waals surface area contributed by atoms with Crippen molar-refractivity contribution in [3.8, 4) is 5.75 Å². The van der Waals surface area contributed by atoms with E-state index >= 15 is 0 Å². The molecule has 128 valence electrons. The summed E-state index contributed by atoms with van der Waals surface area (Å²) in [6.07, 6.45) is 0.150. The van der Waals surface area contributed by atoms with Gasteiger partial charge in [-0.15, -0.1) is 0 Å². The molecule has 0 aliphatic rings. The number of hydrogen-bond acceptors (Lipinski definition) is 4. The molecule has 24 heavy (non-hydrogen) atoms. The Morgan fingerprint density at radius 2 is 1.88 bits per heavy atom. The SMILES string of the molecule is CCc1ccccc1OC(=O)OCCN(CC)c1cccc(C)c1. The first-order valence-electron chi connectivity index (χ1n) is 8.38. The lowest BCUT2D eigenvalue weighted by Gasteiger charge is -2.23. The second kappa shape index (κ2) is 8.96. The van der Waals surface area contributed by atoms with Gasteiger partial charge in [0, 0.05) is 12.2 Å². The molecule has 0 saturated heterocycles. The molecule has 2 aromatic carbocycles. The van der Waals surface area contributed by atoms with Crippen LogP contribution in [0.3, 0.4) is 0 Å². The molecule has 2 rings (SSSR count). The topological polar surface area (TPSA) is 38.8 Å². The number of nitrogens with zero attached hydrogens (tertiary/aromatic N) is 1. The molecule has 0 heterocycles. The van der Waals surface area contributed by atoms with Gasteiger partial charge in [-0.05, 0) is 49.6 Å². The zero-order valence-corrected chi connectivity index (χ0v) is 14.6. The van der Waals surface area contributed by atoms with Crippen LogP contribution in [0.25, 0.3) is 0 Å². The molecule has 0 aromatic heterocycles. The summed E-state index contributed by atoms with van der Waals surface area (Å²) in [4.78, 5) is 14.0. The van der Waals surface area contributed by atoms with Gasteiger partial charge in [0.1, 0.15) is 12.4 Å². The van der Waals surface area contributed by atoms with Crippen LogP contribution in [-0.2, 0) is 11.2 Å². The number of para-hydroxylation sites is 1. The van der Waals surface area contributed by atoms with Crippen LogP contribution in [0.5, 0.6) is 5.75 Å². The summed E-state index contributed by atoms with van der Waals surface area (Å²) in [7, 11) is 0. The third-order valence-corrected chi connectivity index (χ3v) is 3.88. The second-order valence-electron chi connectivity index (χ2n) is 5.58. The van der Waals surface area contributed by atoms with Gasteiger partial charge in [-0.1, -0.05) is 37.3 Å². The Bertz CT molecular complexity index is 669. The van der Waals surface area contributed by atoms with Gasteiger partial charge in [-0.2, -0.15) is 0 Å². The Morgan fingerprint density at radius 1 is 1.08 bits per heavy atom. The summed E-state index contributed by atoms with van der Waals surface area (Å²) in [6.45, 7) is 7.93. The van der Waals surface area contributed by atoms with Crippen LogP contribution in [0.2, 0.25) is 0 Å². The highest BCUT2D eigenvalue weighted by Crippen LogP contribution is 2.19. The van der Waals surface area contributed by atoms with Gasteiger partial charge in [-0.25, -0.2) is 4.79 Å². The van der Waals surface area contributed by atoms with Crippen molar-refractivity contribution >= 4 is 11.8 Å². The maximum atomic E-state index is 11.9. The van der Waals surface area contributed by atoms with Crippen LogP contribution in [-0.4, -0.2) is 25.9 Å². The van der Waals surface area contributed by atoms with Crippen molar-refractivity contribution in [3.63, 3.8) is 0 Å². The molecule has 0 spiro atoms. The number of ether oxygens (including phenoxy) is 2. The summed E-state index contributed by atoms with van der Waals surface area (Å²) < 4.78 is 10.5. The third kappa shape index (κ3) is 5.01. The molecule has 2 aromatic rings. The van der Waals surface area contributed by atoms with Gasteiger partial charge in [0.05, 0.1) is 6.54 Å². The Balaban J connectivity index is 1.85. The number of aryl methyl sites for hydroxylation is 2. The predicted octanol–water partition coefficient (Wildman–Crippen LogP) is 4.60. The van der Waals surface area contributed by atoms with E-state index in [0.29, 0.717) is 12.3 Å². The first-order chi connectivity index (χ1) is 11.6. The van der Waals surface area contributed by atoms with Crippen molar-refractivity contribution in [2.75, 3.05) is 24.6 Å². The van der Waals surface area contributed by atoms with Crippen LogP contribution in [0.4, 0.5) is 10.5 Å². The number of hydrogen-bond donors (Lipinski definition) is 0. The monoisotopic (exact) mass is 327 g/mol. The fraction of sp³-hybridized carbons (Fsp3) is 0.350. The second-order valence-corrected chi connectivity index (χ2v) is 5.58. The molecule has 0 saturated carbocycles. The third-order valence-electron chi connectivity index (χ3n) is 3.88. The zero-order valence-electron chi connectivity index (χ0n) is 14.6. The van der Waals surface area contributed by atoms with E-state index in [1.807, 2.05) is 31.2 Å². The molecule has 0 N–H and O–H groups in total. The van der Waals surface area contributed by atoms with Gasteiger partial charge in [0.25, 0.3) is 0 Å². The van der Waals surface area contributed by atoms with Crippen molar-refractivity contribution in [2.45, 2.75) is 27.2 Å². The number of benzene rings is 2. The minimum atomic E-state index is -0.656. The highest BCUT2D eigenvalue weighted by molar-refractivity contribution is 5.64. The van der Waals surface area contributed by atoms with Crippen LogP contribution < -0.4 is 9.64 Å². The molecule has 0 bridgehead atoms. The minimum absolute atomic E-state index is 0.287. The van der Waals surface area contributed by atoms with Crippen molar-refractivity contribution in [1.29, 1.82) is 0 Å². The number of anilines is 1. The molecule has 4 nitrogen and oxygen atoms in total. The van der Waals surface area contributed by atoms with Crippen LogP contribution >= 0.6 is 0 Å². The van der Waals surface area contributed by atoms with Gasteiger partial charge in [0.2, 0.25) is 0 Å². The molecule has 0 aliphatic carbocycles. The van der Waals surface area contributed by atoms with E-state index in [9.17, 15) is 4.79 Å².